The molecule has 3 heterocycles. The van der Waals surface area contributed by atoms with E-state index in [1.54, 1.807) is 6.20 Å². The molecule has 142 valence electrons. The second kappa shape index (κ2) is 5.51. The van der Waals surface area contributed by atoms with E-state index < -0.39 is 0 Å². The van der Waals surface area contributed by atoms with Crippen molar-refractivity contribution in [1.82, 2.24) is 20.3 Å². The number of nitrogens with two attached hydrogens (primary N) is 1. The van der Waals surface area contributed by atoms with Gasteiger partial charge >= 0.3 is 0 Å². The van der Waals surface area contributed by atoms with Gasteiger partial charge in [0, 0.05) is 18.5 Å². The number of aromatic nitrogens is 3. The topological polar surface area (TPSA) is 117 Å². The van der Waals surface area contributed by atoms with Crippen LogP contribution in [0.1, 0.15) is 37.9 Å². The number of amides is 1. The van der Waals surface area contributed by atoms with E-state index >= 15 is 0 Å². The molecule has 0 spiro atoms. The number of piperidine rings is 1. The molecule has 0 aromatic carbocycles. The van der Waals surface area contributed by atoms with E-state index in [1.165, 1.54) is 0 Å². The highest BCUT2D eigenvalue weighted by Gasteiger charge is 2.72. The van der Waals surface area contributed by atoms with Gasteiger partial charge in [-0.25, -0.2) is 9.97 Å². The van der Waals surface area contributed by atoms with E-state index in [-0.39, 0.29) is 22.3 Å². The minimum absolute atomic E-state index is 0.143. The number of primary amides is 1. The number of carbonyl (C=O) groups is 1. The summed E-state index contributed by atoms with van der Waals surface area (Å²) < 4.78 is 0. The molecule has 4 aliphatic rings. The van der Waals surface area contributed by atoms with Crippen LogP contribution in [0.3, 0.4) is 0 Å². The minimum atomic E-state index is -0.368. The van der Waals surface area contributed by atoms with Crippen molar-refractivity contribution in [1.29, 1.82) is 0 Å². The van der Waals surface area contributed by atoms with Crippen LogP contribution in [-0.2, 0) is 10.2 Å². The average molecular weight is 368 g/mol. The van der Waals surface area contributed by atoms with Crippen molar-refractivity contribution in [3.8, 4) is 0 Å². The van der Waals surface area contributed by atoms with Gasteiger partial charge < -0.3 is 20.9 Å². The van der Waals surface area contributed by atoms with Crippen molar-refractivity contribution >= 4 is 22.6 Å². The molecule has 4 fully saturated rings. The molecule has 3 aliphatic carbocycles. The van der Waals surface area contributed by atoms with Crippen LogP contribution in [0.2, 0.25) is 0 Å². The van der Waals surface area contributed by atoms with Crippen LogP contribution in [-0.4, -0.2) is 47.0 Å². The predicted octanol–water partition coefficient (Wildman–Crippen LogP) is 0.413. The normalized spacial score (nSPS) is 29.8. The summed E-state index contributed by atoms with van der Waals surface area (Å²) in [6.07, 6.45) is 5.88. The zero-order valence-corrected chi connectivity index (χ0v) is 15.4. The molecule has 2 aromatic heterocycles. The fraction of sp³-hybridized carbons (Fsp3) is 0.579. The highest BCUT2D eigenvalue weighted by Crippen LogP contribution is 2.72. The quantitative estimate of drug-likeness (QED) is 0.720. The Morgan fingerprint density at radius 1 is 1.30 bits per heavy atom. The Morgan fingerprint density at radius 3 is 2.67 bits per heavy atom. The first kappa shape index (κ1) is 16.7. The van der Waals surface area contributed by atoms with Crippen LogP contribution in [0.25, 0.3) is 10.9 Å². The Labute approximate surface area is 156 Å². The summed E-state index contributed by atoms with van der Waals surface area (Å²) in [6.45, 7) is 2.01. The Morgan fingerprint density at radius 2 is 2.00 bits per heavy atom. The molecule has 0 unspecified atom stereocenters. The van der Waals surface area contributed by atoms with Gasteiger partial charge in [-0.05, 0) is 51.3 Å². The van der Waals surface area contributed by atoms with Crippen LogP contribution in [0.4, 0.5) is 5.82 Å². The Bertz CT molecular complexity index is 974. The van der Waals surface area contributed by atoms with E-state index in [0.717, 1.165) is 31.7 Å². The number of aromatic amines is 1. The molecule has 3 saturated carbocycles. The summed E-state index contributed by atoms with van der Waals surface area (Å²) in [5.74, 6) is 1.23. The molecule has 8 heteroatoms. The van der Waals surface area contributed by atoms with Crippen molar-refractivity contribution < 1.29 is 4.79 Å². The van der Waals surface area contributed by atoms with Gasteiger partial charge in [0.1, 0.15) is 11.6 Å². The van der Waals surface area contributed by atoms with Gasteiger partial charge in [0.15, 0.2) is 0 Å². The summed E-state index contributed by atoms with van der Waals surface area (Å²) in [4.78, 5) is 38.6. The van der Waals surface area contributed by atoms with Crippen LogP contribution in [0.15, 0.2) is 17.1 Å². The lowest BCUT2D eigenvalue weighted by Gasteiger charge is -2.67. The second-order valence-corrected chi connectivity index (χ2v) is 8.52. The Hall–Kier alpha value is -2.48. The number of nitrogens with one attached hydrogen (secondary N) is 2. The number of H-pyrrole nitrogens is 1. The van der Waals surface area contributed by atoms with Gasteiger partial charge in [-0.3, -0.25) is 9.59 Å². The van der Waals surface area contributed by atoms with Crippen molar-refractivity contribution in [2.75, 3.05) is 25.0 Å². The average Bonchev–Trinajstić information content (AvgIpc) is 2.59. The van der Waals surface area contributed by atoms with Gasteiger partial charge in [0.25, 0.3) is 5.56 Å². The zero-order chi connectivity index (χ0) is 18.8. The summed E-state index contributed by atoms with van der Waals surface area (Å²) in [5.41, 5.74) is 5.39. The fourth-order valence-corrected chi connectivity index (χ4v) is 5.16. The number of hydrogen-bond donors (Lipinski definition) is 3. The molecule has 6 rings (SSSR count). The number of anilines is 1. The molecule has 0 radical (unpaired) electrons. The SMILES string of the molecule is CN(c1cc2c(=O)[nH]c(C34CC(C(N)=O)(C3)C4)nc2cn1)C1CCNCC1. The molecule has 0 atom stereocenters. The van der Waals surface area contributed by atoms with Gasteiger partial charge in [0.05, 0.1) is 22.5 Å². The number of hydrogen-bond acceptors (Lipinski definition) is 6. The number of pyridine rings is 1. The maximum atomic E-state index is 12.7. The predicted molar refractivity (Wildman–Crippen MR) is 102 cm³/mol. The minimum Gasteiger partial charge on any atom is -0.369 e. The number of rotatable bonds is 4. The van der Waals surface area contributed by atoms with Crippen molar-refractivity contribution in [2.24, 2.45) is 11.1 Å². The molecular formula is C19H24N6O2. The van der Waals surface area contributed by atoms with E-state index in [9.17, 15) is 9.59 Å². The largest absolute Gasteiger partial charge is 0.369 e. The number of fused-ring (bicyclic) bond motifs is 1. The fourth-order valence-electron chi connectivity index (χ4n) is 5.16. The third-order valence-corrected chi connectivity index (χ3v) is 6.85. The highest BCUT2D eigenvalue weighted by molar-refractivity contribution is 5.86. The lowest BCUT2D eigenvalue weighted by Crippen LogP contribution is -2.70. The summed E-state index contributed by atoms with van der Waals surface area (Å²) in [5, 5.41) is 3.92. The smallest absolute Gasteiger partial charge is 0.258 e. The van der Waals surface area contributed by atoms with Crippen LogP contribution >= 0.6 is 0 Å². The van der Waals surface area contributed by atoms with E-state index in [0.29, 0.717) is 42.0 Å². The van der Waals surface area contributed by atoms with Crippen molar-refractivity contribution in [3.05, 3.63) is 28.4 Å². The summed E-state index contributed by atoms with van der Waals surface area (Å²) >= 11 is 0. The zero-order valence-electron chi connectivity index (χ0n) is 15.4. The van der Waals surface area contributed by atoms with Crippen LogP contribution < -0.4 is 21.5 Å². The first-order valence-electron chi connectivity index (χ1n) is 9.57. The molecule has 4 N–H and O–H groups in total. The van der Waals surface area contributed by atoms with Gasteiger partial charge in [0.2, 0.25) is 5.91 Å². The van der Waals surface area contributed by atoms with Crippen molar-refractivity contribution in [3.63, 3.8) is 0 Å². The Kier molecular flexibility index (Phi) is 3.40. The van der Waals surface area contributed by atoms with E-state index in [4.69, 9.17) is 5.73 Å². The van der Waals surface area contributed by atoms with Gasteiger partial charge in [-0.1, -0.05) is 0 Å². The number of nitrogens with zero attached hydrogens (tertiary/aromatic N) is 3. The molecule has 2 bridgehead atoms. The second-order valence-electron chi connectivity index (χ2n) is 8.52. The molecule has 1 amide bonds. The lowest BCUT2D eigenvalue weighted by molar-refractivity contribution is -0.174. The Balaban J connectivity index is 1.45. The highest BCUT2D eigenvalue weighted by atomic mass is 16.1. The monoisotopic (exact) mass is 368 g/mol. The molecule has 2 aromatic rings. The van der Waals surface area contributed by atoms with Crippen LogP contribution in [0, 0.1) is 5.41 Å². The third-order valence-electron chi connectivity index (χ3n) is 6.85. The maximum absolute atomic E-state index is 12.7. The van der Waals surface area contributed by atoms with Crippen molar-refractivity contribution in [2.45, 2.75) is 43.6 Å². The first-order valence-corrected chi connectivity index (χ1v) is 9.57. The van der Waals surface area contributed by atoms with E-state index in [2.05, 4.69) is 25.2 Å². The van der Waals surface area contributed by atoms with Crippen LogP contribution in [0.5, 0.6) is 0 Å². The third kappa shape index (κ3) is 2.32. The summed E-state index contributed by atoms with van der Waals surface area (Å²) in [7, 11) is 2.03. The molecular weight excluding hydrogens is 344 g/mol. The lowest BCUT2D eigenvalue weighted by atomic mass is 9.34. The standard InChI is InChI=1S/C19H24N6O2/c1-25(11-2-4-21-5-3-11)14-6-12-13(7-22-14)23-17(24-15(12)26)19-8-18(9-19,10-19)16(20)27/h6-7,11,21H,2-5,8-10H2,1H3,(H2,20,27)(H,23,24,26). The summed E-state index contributed by atoms with van der Waals surface area (Å²) in [6, 6.07) is 2.26. The van der Waals surface area contributed by atoms with Gasteiger partial charge in [-0.15, -0.1) is 0 Å². The van der Waals surface area contributed by atoms with Gasteiger partial charge in [-0.2, -0.15) is 0 Å². The molecule has 27 heavy (non-hydrogen) atoms. The first-order chi connectivity index (χ1) is 12.9. The molecule has 1 aliphatic heterocycles. The molecule has 8 nitrogen and oxygen atoms in total. The maximum Gasteiger partial charge on any atom is 0.258 e. The van der Waals surface area contributed by atoms with E-state index in [1.807, 2.05) is 13.1 Å². The molecule has 1 saturated heterocycles. The number of carbonyl (C=O) groups excluding carboxylic acids is 1.